The summed E-state index contributed by atoms with van der Waals surface area (Å²) in [6.45, 7) is 4.28. The molecule has 0 saturated carbocycles. The second kappa shape index (κ2) is 7.26. The Balaban J connectivity index is 2.57. The van der Waals surface area contributed by atoms with Crippen molar-refractivity contribution in [2.45, 2.75) is 19.9 Å². The van der Waals surface area contributed by atoms with Gasteiger partial charge in [0.25, 0.3) is 5.91 Å². The normalized spacial score (nSPS) is 12.0. The number of hydrogen-bond acceptors (Lipinski definition) is 4. The molecule has 1 aromatic rings. The Kier molecular flexibility index (Phi) is 5.98. The maximum absolute atomic E-state index is 11.7. The van der Waals surface area contributed by atoms with Crippen molar-refractivity contribution < 1.29 is 4.79 Å². The third kappa shape index (κ3) is 4.56. The lowest BCUT2D eigenvalue weighted by Crippen LogP contribution is -2.22. The molecule has 1 N–H and O–H groups in total. The largest absolute Gasteiger partial charge is 0.367 e. The van der Waals surface area contributed by atoms with E-state index in [1.165, 1.54) is 0 Å². The predicted octanol–water partition coefficient (Wildman–Crippen LogP) is 2.34. The Morgan fingerprint density at radius 2 is 2.22 bits per heavy atom. The predicted molar refractivity (Wildman–Crippen MR) is 78.3 cm³/mol. The number of carbonyl (C=O) groups excluding carboxylic acids is 1. The fourth-order valence-electron chi connectivity index (χ4n) is 1.45. The summed E-state index contributed by atoms with van der Waals surface area (Å²) < 4.78 is 0. The number of hydrogen-bond donors (Lipinski definition) is 1. The Morgan fingerprint density at radius 1 is 1.50 bits per heavy atom. The highest BCUT2D eigenvalue weighted by atomic mass is 32.2. The molecule has 4 nitrogen and oxygen atoms in total. The first-order valence-corrected chi connectivity index (χ1v) is 7.22. The first-order valence-electron chi connectivity index (χ1n) is 6.06. The van der Waals surface area contributed by atoms with Crippen molar-refractivity contribution in [2.24, 2.45) is 0 Å². The van der Waals surface area contributed by atoms with E-state index < -0.39 is 0 Å². The van der Waals surface area contributed by atoms with Gasteiger partial charge in [-0.25, -0.2) is 4.98 Å². The highest BCUT2D eigenvalue weighted by Gasteiger charge is 2.08. The first-order chi connectivity index (χ1) is 8.54. The standard InChI is InChI=1S/C13H21N3OS/c1-5-18-9-10(2)15-12-7-6-11(8-14-12)13(17)16(3)4/h6-8,10H,5,9H2,1-4H3,(H,14,15). The van der Waals surface area contributed by atoms with Gasteiger partial charge in [0, 0.05) is 32.1 Å². The third-order valence-corrected chi connectivity index (χ3v) is 3.53. The molecule has 0 bridgehead atoms. The number of anilines is 1. The van der Waals surface area contributed by atoms with Gasteiger partial charge in [-0.3, -0.25) is 4.79 Å². The summed E-state index contributed by atoms with van der Waals surface area (Å²) in [7, 11) is 3.47. The van der Waals surface area contributed by atoms with E-state index in [0.29, 0.717) is 11.6 Å². The molecule has 0 aliphatic rings. The van der Waals surface area contributed by atoms with Crippen molar-refractivity contribution in [3.63, 3.8) is 0 Å². The summed E-state index contributed by atoms with van der Waals surface area (Å²) in [5.74, 6) is 2.96. The quantitative estimate of drug-likeness (QED) is 0.859. The number of nitrogens with one attached hydrogen (secondary N) is 1. The molecule has 1 atom stereocenters. The zero-order valence-electron chi connectivity index (χ0n) is 11.4. The Bertz CT molecular complexity index is 378. The van der Waals surface area contributed by atoms with Gasteiger partial charge in [-0.15, -0.1) is 0 Å². The van der Waals surface area contributed by atoms with Crippen LogP contribution >= 0.6 is 11.8 Å². The molecule has 5 heteroatoms. The first kappa shape index (κ1) is 14.8. The molecule has 0 aliphatic carbocycles. The van der Waals surface area contributed by atoms with E-state index in [4.69, 9.17) is 0 Å². The summed E-state index contributed by atoms with van der Waals surface area (Å²) in [6, 6.07) is 4.03. The second-order valence-electron chi connectivity index (χ2n) is 4.34. The van der Waals surface area contributed by atoms with E-state index in [1.807, 2.05) is 17.8 Å². The molecule has 0 aromatic carbocycles. The third-order valence-electron chi connectivity index (χ3n) is 2.38. The molecule has 0 saturated heterocycles. The van der Waals surface area contributed by atoms with Crippen LogP contribution in [0.5, 0.6) is 0 Å². The molecule has 0 aliphatic heterocycles. The van der Waals surface area contributed by atoms with Crippen LogP contribution in [-0.2, 0) is 0 Å². The van der Waals surface area contributed by atoms with Crippen LogP contribution in [0.2, 0.25) is 0 Å². The van der Waals surface area contributed by atoms with E-state index >= 15 is 0 Å². The number of amides is 1. The minimum Gasteiger partial charge on any atom is -0.367 e. The molecular weight excluding hydrogens is 246 g/mol. The van der Waals surface area contributed by atoms with Crippen LogP contribution < -0.4 is 5.32 Å². The van der Waals surface area contributed by atoms with Gasteiger partial charge in [0.1, 0.15) is 5.82 Å². The summed E-state index contributed by atoms with van der Waals surface area (Å²) >= 11 is 1.90. The summed E-state index contributed by atoms with van der Waals surface area (Å²) in [5.41, 5.74) is 0.612. The summed E-state index contributed by atoms with van der Waals surface area (Å²) in [5, 5.41) is 3.32. The lowest BCUT2D eigenvalue weighted by Gasteiger charge is -2.14. The van der Waals surface area contributed by atoms with Crippen molar-refractivity contribution in [1.29, 1.82) is 0 Å². The second-order valence-corrected chi connectivity index (χ2v) is 5.66. The zero-order valence-corrected chi connectivity index (χ0v) is 12.3. The highest BCUT2D eigenvalue weighted by molar-refractivity contribution is 7.99. The molecule has 1 aromatic heterocycles. The van der Waals surface area contributed by atoms with Crippen LogP contribution in [0.3, 0.4) is 0 Å². The van der Waals surface area contributed by atoms with E-state index in [1.54, 1.807) is 31.3 Å². The zero-order chi connectivity index (χ0) is 13.5. The van der Waals surface area contributed by atoms with Gasteiger partial charge < -0.3 is 10.2 Å². The van der Waals surface area contributed by atoms with Crippen LogP contribution in [0.4, 0.5) is 5.82 Å². The number of nitrogens with zero attached hydrogens (tertiary/aromatic N) is 2. The molecule has 1 heterocycles. The van der Waals surface area contributed by atoms with Crippen LogP contribution in [0, 0.1) is 0 Å². The Hall–Kier alpha value is -1.23. The molecule has 0 fully saturated rings. The van der Waals surface area contributed by atoms with Gasteiger partial charge in [-0.2, -0.15) is 11.8 Å². The van der Waals surface area contributed by atoms with Crippen molar-refractivity contribution in [3.05, 3.63) is 23.9 Å². The van der Waals surface area contributed by atoms with E-state index in [-0.39, 0.29) is 5.91 Å². The van der Waals surface area contributed by atoms with Gasteiger partial charge in [0.2, 0.25) is 0 Å². The van der Waals surface area contributed by atoms with Gasteiger partial charge >= 0.3 is 0 Å². The monoisotopic (exact) mass is 267 g/mol. The van der Waals surface area contributed by atoms with Crippen LogP contribution in [-0.4, -0.2) is 47.4 Å². The summed E-state index contributed by atoms with van der Waals surface area (Å²) in [4.78, 5) is 17.5. The van der Waals surface area contributed by atoms with E-state index in [9.17, 15) is 4.79 Å². The fraction of sp³-hybridized carbons (Fsp3) is 0.538. The molecular formula is C13H21N3OS. The minimum atomic E-state index is -0.0244. The summed E-state index contributed by atoms with van der Waals surface area (Å²) in [6.07, 6.45) is 1.62. The van der Waals surface area contributed by atoms with Crippen LogP contribution in [0.1, 0.15) is 24.2 Å². The van der Waals surface area contributed by atoms with E-state index in [2.05, 4.69) is 24.1 Å². The Morgan fingerprint density at radius 3 is 2.72 bits per heavy atom. The number of thioether (sulfide) groups is 1. The Labute approximate surface area is 113 Å². The van der Waals surface area contributed by atoms with Crippen molar-refractivity contribution in [1.82, 2.24) is 9.88 Å². The molecule has 18 heavy (non-hydrogen) atoms. The fourth-order valence-corrected chi connectivity index (χ4v) is 2.13. The number of aromatic nitrogens is 1. The molecule has 0 radical (unpaired) electrons. The van der Waals surface area contributed by atoms with Gasteiger partial charge in [0.05, 0.1) is 5.56 Å². The average Bonchev–Trinajstić information content (AvgIpc) is 2.36. The number of carbonyl (C=O) groups is 1. The van der Waals surface area contributed by atoms with Gasteiger partial charge in [-0.1, -0.05) is 6.92 Å². The van der Waals surface area contributed by atoms with Crippen molar-refractivity contribution in [2.75, 3.05) is 30.9 Å². The number of rotatable bonds is 6. The molecule has 100 valence electrons. The molecule has 1 unspecified atom stereocenters. The molecule has 1 rings (SSSR count). The molecule has 0 spiro atoms. The van der Waals surface area contributed by atoms with Gasteiger partial charge in [0.15, 0.2) is 0 Å². The van der Waals surface area contributed by atoms with Gasteiger partial charge in [-0.05, 0) is 24.8 Å². The van der Waals surface area contributed by atoms with Crippen molar-refractivity contribution >= 4 is 23.5 Å². The lowest BCUT2D eigenvalue weighted by atomic mass is 10.2. The van der Waals surface area contributed by atoms with Crippen LogP contribution in [0.15, 0.2) is 18.3 Å². The van der Waals surface area contributed by atoms with Crippen LogP contribution in [0.25, 0.3) is 0 Å². The topological polar surface area (TPSA) is 45.2 Å². The number of pyridine rings is 1. The maximum atomic E-state index is 11.7. The molecule has 1 amide bonds. The maximum Gasteiger partial charge on any atom is 0.254 e. The van der Waals surface area contributed by atoms with Crippen molar-refractivity contribution in [3.8, 4) is 0 Å². The smallest absolute Gasteiger partial charge is 0.254 e. The SMILES string of the molecule is CCSCC(C)Nc1ccc(C(=O)N(C)C)cn1. The minimum absolute atomic E-state index is 0.0244. The lowest BCUT2D eigenvalue weighted by molar-refractivity contribution is 0.0827. The highest BCUT2D eigenvalue weighted by Crippen LogP contribution is 2.10. The van der Waals surface area contributed by atoms with E-state index in [0.717, 1.165) is 17.3 Å². The average molecular weight is 267 g/mol.